The predicted molar refractivity (Wildman–Crippen MR) is 231 cm³/mol. The van der Waals surface area contributed by atoms with Gasteiger partial charge in [-0.15, -0.1) is 0 Å². The molecule has 1 aliphatic rings. The van der Waals surface area contributed by atoms with Gasteiger partial charge in [0.05, 0.1) is 11.0 Å². The van der Waals surface area contributed by atoms with Gasteiger partial charge in [0.2, 0.25) is 0 Å². The first-order valence-electron chi connectivity index (χ1n) is 19.2. The van der Waals surface area contributed by atoms with E-state index in [0.29, 0.717) is 17.5 Å². The molecule has 4 heteroatoms. The molecule has 0 unspecified atom stereocenters. The van der Waals surface area contributed by atoms with E-state index in [1.807, 2.05) is 0 Å². The molecule has 1 aliphatic carbocycles. The van der Waals surface area contributed by atoms with Gasteiger partial charge in [-0.25, -0.2) is 15.0 Å². The van der Waals surface area contributed by atoms with Crippen molar-refractivity contribution in [3.63, 3.8) is 0 Å². The van der Waals surface area contributed by atoms with Crippen LogP contribution in [0.3, 0.4) is 0 Å². The zero-order valence-electron chi connectivity index (χ0n) is 31.1. The first-order valence-corrected chi connectivity index (χ1v) is 19.2. The molecule has 11 rings (SSSR count). The highest BCUT2D eigenvalue weighted by molar-refractivity contribution is 6.15. The van der Waals surface area contributed by atoms with Crippen molar-refractivity contribution >= 4 is 32.6 Å². The van der Waals surface area contributed by atoms with Crippen LogP contribution in [0.5, 0.6) is 0 Å². The fourth-order valence-corrected chi connectivity index (χ4v) is 8.93. The lowest BCUT2D eigenvalue weighted by Gasteiger charge is -2.21. The van der Waals surface area contributed by atoms with Crippen LogP contribution >= 0.6 is 0 Å². The molecule has 0 atom stereocenters. The predicted octanol–water partition coefficient (Wildman–Crippen LogP) is 13.1. The van der Waals surface area contributed by atoms with Crippen LogP contribution in [-0.4, -0.2) is 19.5 Å². The van der Waals surface area contributed by atoms with Gasteiger partial charge in [0.15, 0.2) is 17.5 Å². The molecule has 2 aromatic heterocycles. The van der Waals surface area contributed by atoms with Crippen LogP contribution in [-0.2, 0) is 5.41 Å². The first-order chi connectivity index (χ1) is 27.5. The summed E-state index contributed by atoms with van der Waals surface area (Å²) in [5, 5.41) is 4.73. The van der Waals surface area contributed by atoms with Gasteiger partial charge < -0.3 is 4.57 Å². The van der Waals surface area contributed by atoms with Crippen molar-refractivity contribution < 1.29 is 0 Å². The Labute approximate surface area is 325 Å². The van der Waals surface area contributed by atoms with E-state index in [-0.39, 0.29) is 5.41 Å². The number of benzene rings is 8. The van der Waals surface area contributed by atoms with Gasteiger partial charge >= 0.3 is 0 Å². The number of aromatic nitrogens is 4. The van der Waals surface area contributed by atoms with Crippen molar-refractivity contribution in [2.75, 3.05) is 0 Å². The van der Waals surface area contributed by atoms with Gasteiger partial charge in [0.1, 0.15) is 0 Å². The first kappa shape index (κ1) is 32.3. The minimum atomic E-state index is -0.149. The Morgan fingerprint density at radius 3 is 1.86 bits per heavy atom. The summed E-state index contributed by atoms with van der Waals surface area (Å²) in [4.78, 5) is 16.0. The quantitative estimate of drug-likeness (QED) is 0.178. The molecule has 0 amide bonds. The summed E-state index contributed by atoms with van der Waals surface area (Å²) in [7, 11) is 0. The smallest absolute Gasteiger partial charge is 0.164 e. The second-order valence-corrected chi connectivity index (χ2v) is 15.2. The van der Waals surface area contributed by atoms with Crippen molar-refractivity contribution in [3.05, 3.63) is 193 Å². The number of fused-ring (bicyclic) bond motifs is 7. The van der Waals surface area contributed by atoms with Crippen LogP contribution in [0, 0.1) is 0 Å². The third-order valence-corrected chi connectivity index (χ3v) is 11.7. The van der Waals surface area contributed by atoms with Crippen molar-refractivity contribution in [3.8, 4) is 62.1 Å². The molecule has 0 saturated heterocycles. The molecule has 0 N–H and O–H groups in total. The summed E-state index contributed by atoms with van der Waals surface area (Å²) in [5.41, 5.74) is 13.5. The van der Waals surface area contributed by atoms with Crippen LogP contribution in [0.1, 0.15) is 25.0 Å². The molecule has 0 saturated carbocycles. The summed E-state index contributed by atoms with van der Waals surface area (Å²) >= 11 is 0. The lowest BCUT2D eigenvalue weighted by atomic mass is 9.82. The lowest BCUT2D eigenvalue weighted by Crippen LogP contribution is -2.14. The molecule has 0 spiro atoms. The molecule has 4 nitrogen and oxygen atoms in total. The van der Waals surface area contributed by atoms with E-state index in [9.17, 15) is 0 Å². The average molecular weight is 717 g/mol. The van der Waals surface area contributed by atoms with E-state index in [4.69, 9.17) is 15.0 Å². The number of hydrogen-bond acceptors (Lipinski definition) is 3. The minimum absolute atomic E-state index is 0.149. The Morgan fingerprint density at radius 2 is 1.00 bits per heavy atom. The zero-order chi connectivity index (χ0) is 37.4. The second-order valence-electron chi connectivity index (χ2n) is 15.2. The van der Waals surface area contributed by atoms with Gasteiger partial charge in [0, 0.05) is 38.6 Å². The summed E-state index contributed by atoms with van der Waals surface area (Å²) in [6.07, 6.45) is 0. The van der Waals surface area contributed by atoms with E-state index < -0.39 is 0 Å². The zero-order valence-corrected chi connectivity index (χ0v) is 31.1. The van der Waals surface area contributed by atoms with Gasteiger partial charge in [-0.05, 0) is 74.5 Å². The summed E-state index contributed by atoms with van der Waals surface area (Å²) < 4.78 is 2.34. The van der Waals surface area contributed by atoms with Crippen LogP contribution in [0.25, 0.3) is 94.7 Å². The normalized spacial score (nSPS) is 13.0. The summed E-state index contributed by atoms with van der Waals surface area (Å²) in [6.45, 7) is 4.62. The number of hydrogen-bond donors (Lipinski definition) is 0. The standard InChI is InChI=1S/C52H36N4/c1-52(2)43-22-10-8-18-39(43)47-41(20-12-23-44(47)52)50-53-49(35-29-26-34(27-30-35)37-31-28-33-14-6-7-15-36(33)32-37)54-51(55-50)42-21-13-25-46-48(42)40-19-9-11-24-45(40)56(46)38-16-4-3-5-17-38/h3-32H,1-2H3. The number of nitrogens with zero attached hydrogens (tertiary/aromatic N) is 4. The Balaban J connectivity index is 1.14. The lowest BCUT2D eigenvalue weighted by molar-refractivity contribution is 0.660. The van der Waals surface area contributed by atoms with Crippen molar-refractivity contribution in [1.82, 2.24) is 19.5 Å². The molecule has 0 bridgehead atoms. The van der Waals surface area contributed by atoms with Crippen LogP contribution in [0.4, 0.5) is 0 Å². The largest absolute Gasteiger partial charge is 0.309 e. The maximum absolute atomic E-state index is 5.40. The molecular weight excluding hydrogens is 681 g/mol. The summed E-state index contributed by atoms with van der Waals surface area (Å²) in [5.74, 6) is 1.95. The Hall–Kier alpha value is -7.17. The maximum Gasteiger partial charge on any atom is 0.164 e. The van der Waals surface area contributed by atoms with E-state index in [0.717, 1.165) is 49.7 Å². The van der Waals surface area contributed by atoms with E-state index in [1.54, 1.807) is 0 Å². The topological polar surface area (TPSA) is 43.6 Å². The SMILES string of the molecule is CC1(C)c2ccccc2-c2c(-c3nc(-c4ccc(-c5ccc6ccccc6c5)cc4)nc(-c4cccc5c4c4ccccc4n5-c4ccccc4)n3)cccc21. The summed E-state index contributed by atoms with van der Waals surface area (Å²) in [6, 6.07) is 64.8. The Morgan fingerprint density at radius 1 is 0.411 bits per heavy atom. The molecule has 56 heavy (non-hydrogen) atoms. The molecule has 0 radical (unpaired) electrons. The van der Waals surface area contributed by atoms with Crippen molar-refractivity contribution in [1.29, 1.82) is 0 Å². The number of para-hydroxylation sites is 2. The maximum atomic E-state index is 5.40. The fourth-order valence-electron chi connectivity index (χ4n) is 8.93. The van der Waals surface area contributed by atoms with Gasteiger partial charge in [0.25, 0.3) is 0 Å². The number of rotatable bonds is 5. The van der Waals surface area contributed by atoms with Gasteiger partial charge in [-0.1, -0.05) is 166 Å². The Bertz CT molecular complexity index is 3160. The third kappa shape index (κ3) is 4.96. The van der Waals surface area contributed by atoms with Crippen molar-refractivity contribution in [2.24, 2.45) is 0 Å². The molecule has 0 fully saturated rings. The molecule has 0 aliphatic heterocycles. The molecule has 2 heterocycles. The minimum Gasteiger partial charge on any atom is -0.309 e. The third-order valence-electron chi connectivity index (χ3n) is 11.7. The molecule has 264 valence electrons. The van der Waals surface area contributed by atoms with Crippen LogP contribution < -0.4 is 0 Å². The second kappa shape index (κ2) is 12.4. The fraction of sp³-hybridized carbons (Fsp3) is 0.0577. The van der Waals surface area contributed by atoms with Crippen LogP contribution in [0.15, 0.2) is 182 Å². The highest BCUT2D eigenvalue weighted by atomic mass is 15.0. The molecule has 10 aromatic rings. The average Bonchev–Trinajstić information content (AvgIpc) is 3.72. The van der Waals surface area contributed by atoms with Gasteiger partial charge in [-0.2, -0.15) is 0 Å². The molecule has 8 aromatic carbocycles. The highest BCUT2D eigenvalue weighted by Gasteiger charge is 2.37. The van der Waals surface area contributed by atoms with Gasteiger partial charge in [-0.3, -0.25) is 0 Å². The van der Waals surface area contributed by atoms with E-state index >= 15 is 0 Å². The van der Waals surface area contributed by atoms with Crippen LogP contribution in [0.2, 0.25) is 0 Å². The van der Waals surface area contributed by atoms with E-state index in [1.165, 1.54) is 38.6 Å². The highest BCUT2D eigenvalue weighted by Crippen LogP contribution is 2.52. The Kier molecular flexibility index (Phi) is 7.17. The van der Waals surface area contributed by atoms with E-state index in [2.05, 4.69) is 200 Å². The monoisotopic (exact) mass is 716 g/mol. The molecular formula is C52H36N4. The van der Waals surface area contributed by atoms with Crippen molar-refractivity contribution in [2.45, 2.75) is 19.3 Å².